The molecule has 9 heteroatoms. The summed E-state index contributed by atoms with van der Waals surface area (Å²) in [6, 6.07) is 4.59. The Kier molecular flexibility index (Phi) is 6.95. The Labute approximate surface area is 205 Å². The maximum Gasteiger partial charge on any atom is 0.234 e. The molecule has 34 heavy (non-hydrogen) atoms. The van der Waals surface area contributed by atoms with E-state index >= 15 is 0 Å². The van der Waals surface area contributed by atoms with E-state index in [-0.39, 0.29) is 22.4 Å². The summed E-state index contributed by atoms with van der Waals surface area (Å²) in [5.41, 5.74) is 2.96. The molecule has 1 aromatic carbocycles. The Morgan fingerprint density at radius 3 is 2.68 bits per heavy atom. The van der Waals surface area contributed by atoms with Gasteiger partial charge < -0.3 is 20.1 Å². The molecule has 1 aliphatic carbocycles. The lowest BCUT2D eigenvalue weighted by Crippen LogP contribution is -2.54. The zero-order valence-corrected chi connectivity index (χ0v) is 20.3. The minimum absolute atomic E-state index is 0.0263. The minimum atomic E-state index is -0.322. The number of carbonyl (C=O) groups is 1. The number of carbonyl (C=O) groups excluding carboxylic acids is 1. The average molecular weight is 490 g/mol. The fourth-order valence-electron chi connectivity index (χ4n) is 5.73. The first-order chi connectivity index (χ1) is 16.4. The number of allylic oxidation sites excluding steroid dienone is 2. The summed E-state index contributed by atoms with van der Waals surface area (Å²) >= 11 is 6.22. The lowest BCUT2D eigenvalue weighted by atomic mass is 10.00. The van der Waals surface area contributed by atoms with Crippen LogP contribution in [-0.2, 0) is 11.3 Å². The number of fused-ring (bicyclic) bond motifs is 1. The van der Waals surface area contributed by atoms with Crippen LogP contribution < -0.4 is 5.32 Å². The van der Waals surface area contributed by atoms with Crippen molar-refractivity contribution in [3.63, 3.8) is 0 Å². The van der Waals surface area contributed by atoms with Crippen LogP contribution in [0.25, 0.3) is 0 Å². The van der Waals surface area contributed by atoms with Gasteiger partial charge in [0.05, 0.1) is 18.3 Å². The first-order valence-electron chi connectivity index (χ1n) is 12.3. The van der Waals surface area contributed by atoms with E-state index in [0.29, 0.717) is 31.3 Å². The largest absolute Gasteiger partial charge is 0.626 e. The molecule has 1 aromatic rings. The Morgan fingerprint density at radius 1 is 1.12 bits per heavy atom. The zero-order valence-electron chi connectivity index (χ0n) is 19.5. The third-order valence-corrected chi connectivity index (χ3v) is 7.95. The Balaban J connectivity index is 1.22. The Morgan fingerprint density at radius 2 is 1.91 bits per heavy atom. The molecule has 1 atom stereocenters. The molecule has 3 saturated heterocycles. The number of hydrogen-bond acceptors (Lipinski definition) is 5. The fraction of sp³-hybridized carbons (Fsp3) is 0.560. The SMILES string of the molecule is O=C1CN(CCN2C[N+]([O-])(C3CCN(Cc4ccc(F)cc4Cl)CC3)C3=CCCC=C32)CCN1. The molecular formula is C25H33ClFN5O2. The van der Waals surface area contributed by atoms with Gasteiger partial charge in [0.15, 0.2) is 12.4 Å². The van der Waals surface area contributed by atoms with E-state index in [1.54, 1.807) is 6.07 Å². The highest BCUT2D eigenvalue weighted by molar-refractivity contribution is 6.31. The highest BCUT2D eigenvalue weighted by atomic mass is 35.5. The molecule has 5 rings (SSSR count). The van der Waals surface area contributed by atoms with Crippen LogP contribution in [0.5, 0.6) is 0 Å². The summed E-state index contributed by atoms with van der Waals surface area (Å²) in [6.45, 7) is 6.32. The second-order valence-corrected chi connectivity index (χ2v) is 10.2. The summed E-state index contributed by atoms with van der Waals surface area (Å²) in [5, 5.41) is 17.6. The molecular weight excluding hydrogens is 457 g/mol. The molecule has 3 aliphatic heterocycles. The van der Waals surface area contributed by atoms with Gasteiger partial charge in [0.25, 0.3) is 0 Å². The van der Waals surface area contributed by atoms with Gasteiger partial charge in [-0.25, -0.2) is 4.39 Å². The zero-order chi connectivity index (χ0) is 23.7. The number of halogens is 2. The molecule has 4 aliphatic rings. The maximum atomic E-state index is 14.3. The number of benzene rings is 1. The number of amides is 1. The van der Waals surface area contributed by atoms with Gasteiger partial charge in [0, 0.05) is 63.7 Å². The predicted molar refractivity (Wildman–Crippen MR) is 130 cm³/mol. The molecule has 184 valence electrons. The van der Waals surface area contributed by atoms with Crippen LogP contribution in [0.4, 0.5) is 4.39 Å². The molecule has 0 saturated carbocycles. The van der Waals surface area contributed by atoms with Crippen LogP contribution >= 0.6 is 11.6 Å². The third-order valence-electron chi connectivity index (χ3n) is 7.59. The minimum Gasteiger partial charge on any atom is -0.626 e. The van der Waals surface area contributed by atoms with Crippen LogP contribution in [0.1, 0.15) is 31.2 Å². The van der Waals surface area contributed by atoms with Crippen molar-refractivity contribution in [2.75, 3.05) is 52.5 Å². The molecule has 0 bridgehead atoms. The molecule has 1 N–H and O–H groups in total. The number of nitrogens with zero attached hydrogens (tertiary/aromatic N) is 4. The van der Waals surface area contributed by atoms with Gasteiger partial charge in [-0.3, -0.25) is 14.6 Å². The van der Waals surface area contributed by atoms with Crippen molar-refractivity contribution in [3.05, 3.63) is 63.4 Å². The molecule has 0 aromatic heterocycles. The van der Waals surface area contributed by atoms with Crippen LogP contribution in [0.3, 0.4) is 0 Å². The third kappa shape index (κ3) is 4.88. The highest BCUT2D eigenvalue weighted by Gasteiger charge is 2.45. The van der Waals surface area contributed by atoms with E-state index in [1.807, 2.05) is 0 Å². The lowest BCUT2D eigenvalue weighted by Gasteiger charge is -2.48. The quantitative estimate of drug-likeness (QED) is 0.491. The second-order valence-electron chi connectivity index (χ2n) is 9.83. The second kappa shape index (κ2) is 9.95. The molecule has 3 fully saturated rings. The van der Waals surface area contributed by atoms with Gasteiger partial charge in [-0.05, 0) is 36.6 Å². The van der Waals surface area contributed by atoms with E-state index in [2.05, 4.69) is 32.2 Å². The van der Waals surface area contributed by atoms with Crippen molar-refractivity contribution in [2.24, 2.45) is 0 Å². The van der Waals surface area contributed by atoms with Gasteiger partial charge in [0.1, 0.15) is 5.82 Å². The molecule has 1 amide bonds. The van der Waals surface area contributed by atoms with E-state index in [1.165, 1.54) is 12.1 Å². The maximum absolute atomic E-state index is 14.3. The summed E-state index contributed by atoms with van der Waals surface area (Å²) in [6.07, 6.45) is 7.92. The van der Waals surface area contributed by atoms with Crippen molar-refractivity contribution in [3.8, 4) is 0 Å². The topological polar surface area (TPSA) is 61.9 Å². The van der Waals surface area contributed by atoms with Crippen molar-refractivity contribution < 1.29 is 13.8 Å². The predicted octanol–water partition coefficient (Wildman–Crippen LogP) is 3.02. The van der Waals surface area contributed by atoms with Gasteiger partial charge in [0.2, 0.25) is 5.91 Å². The number of likely N-dealkylation sites (tertiary alicyclic amines) is 1. The molecule has 0 radical (unpaired) electrons. The standard InChI is InChI=1S/C25H33ClFN5O2/c26-22-15-20(27)6-5-19(22)16-29-10-7-21(8-11-29)32(34)18-31(23-3-1-2-4-24(23)32)14-13-30-12-9-28-25(33)17-30/h3-6,15,21H,1-2,7-14,16-18H2,(H,28,33). The van der Waals surface area contributed by atoms with E-state index in [9.17, 15) is 14.4 Å². The highest BCUT2D eigenvalue weighted by Crippen LogP contribution is 2.42. The normalized spacial score (nSPS) is 26.8. The van der Waals surface area contributed by atoms with Gasteiger partial charge >= 0.3 is 0 Å². The van der Waals surface area contributed by atoms with E-state index < -0.39 is 0 Å². The molecule has 0 spiro atoms. The van der Waals surface area contributed by atoms with Crippen molar-refractivity contribution >= 4 is 17.5 Å². The Hall–Kier alpha value is -1.97. The molecule has 7 nitrogen and oxygen atoms in total. The molecule has 3 heterocycles. The van der Waals surface area contributed by atoms with Gasteiger partial charge in [-0.2, -0.15) is 0 Å². The summed E-state index contributed by atoms with van der Waals surface area (Å²) in [5.74, 6) is -0.246. The van der Waals surface area contributed by atoms with Crippen LogP contribution in [0.2, 0.25) is 5.02 Å². The number of nitrogens with one attached hydrogen (secondary N) is 1. The van der Waals surface area contributed by atoms with Crippen molar-refractivity contribution in [1.82, 2.24) is 20.0 Å². The fourth-order valence-corrected chi connectivity index (χ4v) is 5.95. The van der Waals surface area contributed by atoms with Crippen molar-refractivity contribution in [2.45, 2.75) is 38.3 Å². The van der Waals surface area contributed by atoms with Gasteiger partial charge in [-0.15, -0.1) is 0 Å². The lowest BCUT2D eigenvalue weighted by molar-refractivity contribution is -0.866. The number of hydrogen-bond donors (Lipinski definition) is 1. The monoisotopic (exact) mass is 489 g/mol. The number of hydroxylamine groups is 3. The van der Waals surface area contributed by atoms with Gasteiger partial charge in [-0.1, -0.05) is 23.7 Å². The first-order valence-corrected chi connectivity index (χ1v) is 12.7. The number of rotatable bonds is 6. The number of piperidine rings is 1. The van der Waals surface area contributed by atoms with Crippen molar-refractivity contribution in [1.29, 1.82) is 0 Å². The first kappa shape index (κ1) is 23.8. The van der Waals surface area contributed by atoms with Crippen LogP contribution in [0.15, 0.2) is 41.7 Å². The smallest absolute Gasteiger partial charge is 0.234 e. The average Bonchev–Trinajstić information content (AvgIpc) is 3.13. The molecule has 1 unspecified atom stereocenters. The van der Waals surface area contributed by atoms with E-state index in [4.69, 9.17) is 11.6 Å². The number of quaternary nitrogens is 1. The number of piperazine rings is 1. The van der Waals surface area contributed by atoms with E-state index in [0.717, 1.165) is 75.4 Å². The summed E-state index contributed by atoms with van der Waals surface area (Å²) < 4.78 is 13.1. The Bertz CT molecular complexity index is 994. The van der Waals surface area contributed by atoms with Crippen LogP contribution in [-0.4, -0.2) is 83.8 Å². The van der Waals surface area contributed by atoms with Crippen LogP contribution in [0, 0.1) is 11.0 Å². The summed E-state index contributed by atoms with van der Waals surface area (Å²) in [7, 11) is 0. The summed E-state index contributed by atoms with van der Waals surface area (Å²) in [4.78, 5) is 18.4.